The fourth-order valence-corrected chi connectivity index (χ4v) is 1.33. The van der Waals surface area contributed by atoms with Crippen molar-refractivity contribution in [2.45, 2.75) is 26.8 Å². The Hall–Kier alpha value is -1.03. The molecule has 0 bridgehead atoms. The van der Waals surface area contributed by atoms with Crippen LogP contribution < -0.4 is 0 Å². The monoisotopic (exact) mass is 216 g/mol. The summed E-state index contributed by atoms with van der Waals surface area (Å²) in [4.78, 5) is 11.5. The molecule has 0 spiro atoms. The Kier molecular flexibility index (Phi) is 3.52. The second-order valence-corrected chi connectivity index (χ2v) is 3.51. The zero-order valence-electron chi connectivity index (χ0n) is 8.45. The fraction of sp³-hybridized carbons (Fsp3) is 0.556. The Morgan fingerprint density at radius 1 is 1.71 bits per heavy atom. The molecule has 0 N–H and O–H groups in total. The highest BCUT2D eigenvalue weighted by Gasteiger charge is 2.19. The van der Waals surface area contributed by atoms with E-state index in [9.17, 15) is 4.79 Å². The first-order valence-electron chi connectivity index (χ1n) is 4.48. The van der Waals surface area contributed by atoms with Crippen LogP contribution in [0, 0.1) is 0 Å². The second-order valence-electron chi connectivity index (χ2n) is 3.10. The molecule has 0 unspecified atom stereocenters. The fourth-order valence-electron chi connectivity index (χ4n) is 1.12. The summed E-state index contributed by atoms with van der Waals surface area (Å²) in [7, 11) is 0. The van der Waals surface area contributed by atoms with Gasteiger partial charge in [0.25, 0.3) is 0 Å². The van der Waals surface area contributed by atoms with E-state index >= 15 is 0 Å². The molecule has 0 aromatic carbocycles. The molecule has 14 heavy (non-hydrogen) atoms. The van der Waals surface area contributed by atoms with Crippen LogP contribution in [-0.2, 0) is 4.74 Å². The summed E-state index contributed by atoms with van der Waals surface area (Å²) in [5.74, 6) is -0.427. The summed E-state index contributed by atoms with van der Waals surface area (Å²) in [6.07, 6.45) is 1.45. The largest absolute Gasteiger partial charge is 0.461 e. The third-order valence-corrected chi connectivity index (χ3v) is 1.99. The maximum Gasteiger partial charge on any atom is 0.358 e. The quantitative estimate of drug-likeness (QED) is 0.729. The highest BCUT2D eigenvalue weighted by atomic mass is 35.5. The number of hydrogen-bond donors (Lipinski definition) is 0. The van der Waals surface area contributed by atoms with Crippen LogP contribution in [-0.4, -0.2) is 22.4 Å². The van der Waals surface area contributed by atoms with Gasteiger partial charge in [-0.15, -0.1) is 0 Å². The summed E-state index contributed by atoms with van der Waals surface area (Å²) in [5, 5.41) is 4.33. The first kappa shape index (κ1) is 11.0. The highest BCUT2D eigenvalue weighted by Crippen LogP contribution is 2.19. The summed E-state index contributed by atoms with van der Waals surface area (Å²) in [6.45, 7) is 5.93. The van der Waals surface area contributed by atoms with E-state index in [1.54, 1.807) is 11.6 Å². The number of aromatic nitrogens is 2. The Bertz CT molecular complexity index is 334. The van der Waals surface area contributed by atoms with Crippen molar-refractivity contribution in [1.29, 1.82) is 0 Å². The first-order valence-corrected chi connectivity index (χ1v) is 4.85. The molecule has 0 fully saturated rings. The van der Waals surface area contributed by atoms with Gasteiger partial charge in [-0.3, -0.25) is 4.68 Å². The molecule has 0 aliphatic heterocycles. The molecular weight excluding hydrogens is 204 g/mol. The van der Waals surface area contributed by atoms with Crippen molar-refractivity contribution in [3.63, 3.8) is 0 Å². The molecule has 0 atom stereocenters. The topological polar surface area (TPSA) is 44.1 Å². The van der Waals surface area contributed by atoms with Gasteiger partial charge in [0.15, 0.2) is 5.69 Å². The average molecular weight is 217 g/mol. The van der Waals surface area contributed by atoms with Crippen molar-refractivity contribution < 1.29 is 9.53 Å². The van der Waals surface area contributed by atoms with Gasteiger partial charge in [0.2, 0.25) is 0 Å². The second kappa shape index (κ2) is 4.46. The van der Waals surface area contributed by atoms with E-state index in [1.165, 1.54) is 6.20 Å². The molecule has 5 heteroatoms. The number of esters is 1. The van der Waals surface area contributed by atoms with Gasteiger partial charge < -0.3 is 4.74 Å². The number of carbonyl (C=O) groups is 1. The van der Waals surface area contributed by atoms with Crippen LogP contribution in [0.25, 0.3) is 0 Å². The van der Waals surface area contributed by atoms with Crippen LogP contribution in [0.5, 0.6) is 0 Å². The lowest BCUT2D eigenvalue weighted by Crippen LogP contribution is -2.15. The van der Waals surface area contributed by atoms with Crippen molar-refractivity contribution in [3.8, 4) is 0 Å². The summed E-state index contributed by atoms with van der Waals surface area (Å²) in [5.41, 5.74) is 0.323. The van der Waals surface area contributed by atoms with Gasteiger partial charge in [-0.1, -0.05) is 11.6 Å². The van der Waals surface area contributed by atoms with E-state index in [2.05, 4.69) is 5.10 Å². The van der Waals surface area contributed by atoms with Crippen LogP contribution >= 0.6 is 11.6 Å². The van der Waals surface area contributed by atoms with E-state index in [1.807, 2.05) is 13.8 Å². The summed E-state index contributed by atoms with van der Waals surface area (Å²) >= 11 is 5.84. The molecular formula is C9H13ClN2O2. The Morgan fingerprint density at radius 2 is 2.36 bits per heavy atom. The molecule has 0 saturated heterocycles. The third-order valence-electron chi connectivity index (χ3n) is 1.71. The van der Waals surface area contributed by atoms with Crippen molar-refractivity contribution in [2.24, 2.45) is 0 Å². The SMILES string of the molecule is CCOC(=O)c1c(Cl)cnn1C(C)C. The zero-order chi connectivity index (χ0) is 10.7. The molecule has 1 aromatic rings. The molecule has 0 aliphatic carbocycles. The first-order chi connectivity index (χ1) is 6.57. The number of carbonyl (C=O) groups excluding carboxylic acids is 1. The van der Waals surface area contributed by atoms with E-state index in [4.69, 9.17) is 16.3 Å². The molecule has 1 rings (SSSR count). The van der Waals surface area contributed by atoms with Gasteiger partial charge in [-0.2, -0.15) is 5.10 Å². The maximum atomic E-state index is 11.5. The molecule has 0 saturated carbocycles. The number of rotatable bonds is 3. The standard InChI is InChI=1S/C9H13ClN2O2/c1-4-14-9(13)8-7(10)5-11-12(8)6(2)3/h5-6H,4H2,1-3H3. The van der Waals surface area contributed by atoms with E-state index in [0.717, 1.165) is 0 Å². The zero-order valence-corrected chi connectivity index (χ0v) is 9.21. The van der Waals surface area contributed by atoms with Crippen LogP contribution in [0.3, 0.4) is 0 Å². The molecule has 4 nitrogen and oxygen atoms in total. The molecule has 0 radical (unpaired) electrons. The average Bonchev–Trinajstić information content (AvgIpc) is 2.47. The number of halogens is 1. The van der Waals surface area contributed by atoms with Crippen LogP contribution in [0.4, 0.5) is 0 Å². The lowest BCUT2D eigenvalue weighted by Gasteiger charge is -2.09. The van der Waals surface area contributed by atoms with Gasteiger partial charge in [0.1, 0.15) is 0 Å². The molecule has 78 valence electrons. The molecule has 1 aromatic heterocycles. The summed E-state index contributed by atoms with van der Waals surface area (Å²) in [6, 6.07) is 0.0851. The minimum atomic E-state index is -0.427. The summed E-state index contributed by atoms with van der Waals surface area (Å²) < 4.78 is 6.43. The van der Waals surface area contributed by atoms with E-state index in [0.29, 0.717) is 17.3 Å². The van der Waals surface area contributed by atoms with Gasteiger partial charge in [0, 0.05) is 6.04 Å². The molecule has 0 aliphatic rings. The van der Waals surface area contributed by atoms with Gasteiger partial charge in [-0.05, 0) is 20.8 Å². The smallest absolute Gasteiger partial charge is 0.358 e. The normalized spacial score (nSPS) is 10.6. The maximum absolute atomic E-state index is 11.5. The predicted octanol–water partition coefficient (Wildman–Crippen LogP) is 2.29. The lowest BCUT2D eigenvalue weighted by atomic mass is 10.3. The van der Waals surface area contributed by atoms with E-state index < -0.39 is 5.97 Å². The number of hydrogen-bond acceptors (Lipinski definition) is 3. The Morgan fingerprint density at radius 3 is 2.86 bits per heavy atom. The van der Waals surface area contributed by atoms with Crippen LogP contribution in [0.2, 0.25) is 5.02 Å². The van der Waals surface area contributed by atoms with Crippen molar-refractivity contribution in [2.75, 3.05) is 6.61 Å². The van der Waals surface area contributed by atoms with Gasteiger partial charge in [0.05, 0.1) is 17.8 Å². The Labute approximate surface area is 87.8 Å². The van der Waals surface area contributed by atoms with Crippen molar-refractivity contribution in [3.05, 3.63) is 16.9 Å². The van der Waals surface area contributed by atoms with Crippen molar-refractivity contribution >= 4 is 17.6 Å². The van der Waals surface area contributed by atoms with E-state index in [-0.39, 0.29) is 6.04 Å². The molecule has 0 amide bonds. The predicted molar refractivity (Wildman–Crippen MR) is 53.6 cm³/mol. The minimum absolute atomic E-state index is 0.0851. The minimum Gasteiger partial charge on any atom is -0.461 e. The van der Waals surface area contributed by atoms with Crippen LogP contribution in [0.1, 0.15) is 37.3 Å². The highest BCUT2D eigenvalue weighted by molar-refractivity contribution is 6.33. The molecule has 1 heterocycles. The lowest BCUT2D eigenvalue weighted by molar-refractivity contribution is 0.0510. The van der Waals surface area contributed by atoms with Crippen LogP contribution in [0.15, 0.2) is 6.20 Å². The van der Waals surface area contributed by atoms with Gasteiger partial charge >= 0.3 is 5.97 Å². The third kappa shape index (κ3) is 2.07. The number of ether oxygens (including phenoxy) is 1. The van der Waals surface area contributed by atoms with Crippen molar-refractivity contribution in [1.82, 2.24) is 9.78 Å². The van der Waals surface area contributed by atoms with Gasteiger partial charge in [-0.25, -0.2) is 4.79 Å². The Balaban J connectivity index is 3.04. The number of nitrogens with zero attached hydrogens (tertiary/aromatic N) is 2.